The Balaban J connectivity index is 2.46. The van der Waals surface area contributed by atoms with Crippen molar-refractivity contribution in [2.45, 2.75) is 19.1 Å². The minimum atomic E-state index is -4.14. The van der Waals surface area contributed by atoms with Crippen LogP contribution in [0.2, 0.25) is 0 Å². The molecule has 0 N–H and O–H groups in total. The highest BCUT2D eigenvalue weighted by atomic mass is 19.4. The summed E-state index contributed by atoms with van der Waals surface area (Å²) in [5, 5.41) is 3.68. The van der Waals surface area contributed by atoms with Gasteiger partial charge in [-0.2, -0.15) is 18.3 Å². The molecule has 0 fully saturated rings. The summed E-state index contributed by atoms with van der Waals surface area (Å²) < 4.78 is 41.2. The molecule has 74 valence electrons. The van der Waals surface area contributed by atoms with Crippen LogP contribution in [0.15, 0.2) is 12.4 Å². The van der Waals surface area contributed by atoms with E-state index in [1.807, 2.05) is 0 Å². The van der Waals surface area contributed by atoms with Gasteiger partial charge in [-0.1, -0.05) is 0 Å². The quantitative estimate of drug-likeness (QED) is 0.734. The number of ether oxygens (including phenoxy) is 1. The smallest absolute Gasteiger partial charge is 0.390 e. The molecule has 0 spiro atoms. The number of aromatic nitrogens is 2. The third-order valence-corrected chi connectivity index (χ3v) is 1.47. The van der Waals surface area contributed by atoms with Crippen molar-refractivity contribution >= 4 is 0 Å². The molecule has 3 nitrogen and oxygen atoms in total. The van der Waals surface area contributed by atoms with E-state index in [1.54, 1.807) is 0 Å². The highest BCUT2D eigenvalue weighted by Gasteiger charge is 2.26. The van der Waals surface area contributed by atoms with Crippen LogP contribution in [0.1, 0.15) is 6.42 Å². The van der Waals surface area contributed by atoms with Crippen molar-refractivity contribution in [3.05, 3.63) is 12.4 Å². The maximum Gasteiger partial charge on any atom is 0.390 e. The first-order valence-electron chi connectivity index (χ1n) is 3.64. The number of rotatable bonds is 3. The summed E-state index contributed by atoms with van der Waals surface area (Å²) in [6.45, 7) is -0.174. The van der Waals surface area contributed by atoms with Gasteiger partial charge in [0.25, 0.3) is 0 Å². The van der Waals surface area contributed by atoms with E-state index in [2.05, 4.69) is 5.10 Å². The number of alkyl halides is 3. The van der Waals surface area contributed by atoms with Crippen LogP contribution < -0.4 is 4.74 Å². The summed E-state index contributed by atoms with van der Waals surface area (Å²) in [5.74, 6) is 0.460. The van der Waals surface area contributed by atoms with Gasteiger partial charge in [0.1, 0.15) is 0 Å². The number of methoxy groups -OCH3 is 1. The molecule has 0 unspecified atom stereocenters. The fraction of sp³-hybridized carbons (Fsp3) is 0.571. The largest absolute Gasteiger partial charge is 0.493 e. The molecule has 0 aliphatic rings. The van der Waals surface area contributed by atoms with E-state index in [0.717, 1.165) is 0 Å². The lowest BCUT2D eigenvalue weighted by Crippen LogP contribution is -2.12. The predicted octanol–water partition coefficient (Wildman–Crippen LogP) is 1.84. The Bertz CT molecular complexity index is 269. The zero-order valence-corrected chi connectivity index (χ0v) is 7.01. The Morgan fingerprint density at radius 2 is 2.23 bits per heavy atom. The molecule has 0 amide bonds. The highest BCUT2D eigenvalue weighted by molar-refractivity contribution is 5.10. The minimum absolute atomic E-state index is 0.174. The Labute approximate surface area is 73.1 Å². The van der Waals surface area contributed by atoms with Gasteiger partial charge in [-0.25, -0.2) is 0 Å². The molecule has 0 saturated heterocycles. The molecule has 0 aliphatic carbocycles. The van der Waals surface area contributed by atoms with Crippen LogP contribution in [0.3, 0.4) is 0 Å². The molecule has 1 aromatic rings. The second-order valence-electron chi connectivity index (χ2n) is 2.51. The van der Waals surface area contributed by atoms with Gasteiger partial charge in [-0.05, 0) is 0 Å². The lowest BCUT2D eigenvalue weighted by atomic mass is 10.4. The average Bonchev–Trinajstić information content (AvgIpc) is 2.47. The molecule has 0 radical (unpaired) electrons. The van der Waals surface area contributed by atoms with Crippen molar-refractivity contribution in [3.63, 3.8) is 0 Å². The molecule has 1 heterocycles. The van der Waals surface area contributed by atoms with Gasteiger partial charge in [0.05, 0.1) is 25.9 Å². The lowest BCUT2D eigenvalue weighted by Gasteiger charge is -2.05. The van der Waals surface area contributed by atoms with Gasteiger partial charge < -0.3 is 4.74 Å². The van der Waals surface area contributed by atoms with E-state index in [0.29, 0.717) is 5.75 Å². The Kier molecular flexibility index (Phi) is 2.79. The fourth-order valence-corrected chi connectivity index (χ4v) is 0.814. The standard InChI is InChI=1S/C7H9F3N2O/c1-13-6-4-11-12(5-6)3-2-7(8,9)10/h4-5H,2-3H2,1H3. The van der Waals surface area contributed by atoms with E-state index >= 15 is 0 Å². The van der Waals surface area contributed by atoms with Crippen molar-refractivity contribution < 1.29 is 17.9 Å². The molecule has 1 aromatic heterocycles. The monoisotopic (exact) mass is 194 g/mol. The predicted molar refractivity (Wildman–Crippen MR) is 39.5 cm³/mol. The first-order chi connectivity index (χ1) is 6.01. The molecule has 0 aromatic carbocycles. The molecular formula is C7H9F3N2O. The summed E-state index contributed by atoms with van der Waals surface area (Å²) in [6, 6.07) is 0. The first-order valence-corrected chi connectivity index (χ1v) is 3.64. The normalized spacial score (nSPS) is 11.7. The van der Waals surface area contributed by atoms with Crippen molar-refractivity contribution in [2.24, 2.45) is 0 Å². The van der Waals surface area contributed by atoms with Crippen LogP contribution in [0.5, 0.6) is 5.75 Å². The summed E-state index contributed by atoms with van der Waals surface area (Å²) in [5.41, 5.74) is 0. The molecule has 0 bridgehead atoms. The Morgan fingerprint density at radius 1 is 1.54 bits per heavy atom. The van der Waals surface area contributed by atoms with Crippen molar-refractivity contribution in [2.75, 3.05) is 7.11 Å². The van der Waals surface area contributed by atoms with Crippen LogP contribution in [0.25, 0.3) is 0 Å². The van der Waals surface area contributed by atoms with Crippen LogP contribution >= 0.6 is 0 Å². The van der Waals surface area contributed by atoms with E-state index in [9.17, 15) is 13.2 Å². The SMILES string of the molecule is COc1cnn(CCC(F)(F)F)c1. The first kappa shape index (κ1) is 9.88. The lowest BCUT2D eigenvalue weighted by molar-refractivity contribution is -0.137. The number of halogens is 3. The molecule has 0 atom stereocenters. The second-order valence-corrected chi connectivity index (χ2v) is 2.51. The van der Waals surface area contributed by atoms with Crippen molar-refractivity contribution in [3.8, 4) is 5.75 Å². The molecule has 1 rings (SSSR count). The Morgan fingerprint density at radius 3 is 2.69 bits per heavy atom. The summed E-state index contributed by atoms with van der Waals surface area (Å²) >= 11 is 0. The zero-order valence-electron chi connectivity index (χ0n) is 7.01. The van der Waals surface area contributed by atoms with Crippen molar-refractivity contribution in [1.82, 2.24) is 9.78 Å². The number of hydrogen-bond acceptors (Lipinski definition) is 2. The zero-order chi connectivity index (χ0) is 9.90. The van der Waals surface area contributed by atoms with E-state index < -0.39 is 12.6 Å². The maximum atomic E-state index is 11.8. The van der Waals surface area contributed by atoms with Gasteiger partial charge in [0.2, 0.25) is 0 Å². The van der Waals surface area contributed by atoms with Gasteiger partial charge >= 0.3 is 6.18 Å². The summed E-state index contributed by atoms with van der Waals surface area (Å²) in [6.07, 6.45) is -2.22. The number of nitrogens with zero attached hydrogens (tertiary/aromatic N) is 2. The third kappa shape index (κ3) is 3.35. The van der Waals surface area contributed by atoms with E-state index in [4.69, 9.17) is 4.74 Å². The maximum absolute atomic E-state index is 11.8. The fourth-order valence-electron chi connectivity index (χ4n) is 0.814. The van der Waals surface area contributed by atoms with Crippen molar-refractivity contribution in [1.29, 1.82) is 0 Å². The number of hydrogen-bond donors (Lipinski definition) is 0. The second kappa shape index (κ2) is 3.68. The van der Waals surface area contributed by atoms with Crippen LogP contribution in [0, 0.1) is 0 Å². The topological polar surface area (TPSA) is 27.1 Å². The van der Waals surface area contributed by atoms with Crippen LogP contribution in [-0.4, -0.2) is 23.1 Å². The Hall–Kier alpha value is -1.20. The molecule has 0 saturated carbocycles. The van der Waals surface area contributed by atoms with Gasteiger partial charge in [0, 0.05) is 6.54 Å². The minimum Gasteiger partial charge on any atom is -0.493 e. The molecular weight excluding hydrogens is 185 g/mol. The van der Waals surface area contributed by atoms with Crippen LogP contribution in [-0.2, 0) is 6.54 Å². The van der Waals surface area contributed by atoms with Gasteiger partial charge in [0.15, 0.2) is 5.75 Å². The summed E-state index contributed by atoms with van der Waals surface area (Å²) in [7, 11) is 1.44. The molecule has 0 aliphatic heterocycles. The summed E-state index contributed by atoms with van der Waals surface area (Å²) in [4.78, 5) is 0. The third-order valence-electron chi connectivity index (χ3n) is 1.47. The molecule has 6 heteroatoms. The van der Waals surface area contributed by atoms with Crippen LogP contribution in [0.4, 0.5) is 13.2 Å². The average molecular weight is 194 g/mol. The molecule has 13 heavy (non-hydrogen) atoms. The highest BCUT2D eigenvalue weighted by Crippen LogP contribution is 2.20. The van der Waals surface area contributed by atoms with E-state index in [-0.39, 0.29) is 6.54 Å². The van der Waals surface area contributed by atoms with E-state index in [1.165, 1.54) is 24.2 Å². The van der Waals surface area contributed by atoms with Gasteiger partial charge in [-0.15, -0.1) is 0 Å². The number of aryl methyl sites for hydroxylation is 1. The van der Waals surface area contributed by atoms with Gasteiger partial charge in [-0.3, -0.25) is 4.68 Å².